The first-order chi connectivity index (χ1) is 6.15. The third kappa shape index (κ3) is 2.54. The van der Waals surface area contributed by atoms with Crippen LogP contribution in [0.1, 0.15) is 6.92 Å². The van der Waals surface area contributed by atoms with Crippen molar-refractivity contribution in [3.05, 3.63) is 17.5 Å². The molecule has 0 saturated carbocycles. The highest BCUT2D eigenvalue weighted by atomic mass is 35.5. The summed E-state index contributed by atoms with van der Waals surface area (Å²) in [5.74, 6) is 0.661. The number of hydrogen-bond donors (Lipinski definition) is 1. The molecule has 1 atom stereocenters. The summed E-state index contributed by atoms with van der Waals surface area (Å²) in [6.45, 7) is 1.97. The van der Waals surface area contributed by atoms with Crippen molar-refractivity contribution in [3.63, 3.8) is 0 Å². The second-order valence-corrected chi connectivity index (χ2v) is 3.23. The molecular weight excluding hydrogens is 190 g/mol. The van der Waals surface area contributed by atoms with Gasteiger partial charge >= 0.3 is 0 Å². The SMILES string of the molecule is C[C@H](CO)N(C)c1cncc(Cl)n1. The summed E-state index contributed by atoms with van der Waals surface area (Å²) in [5, 5.41) is 9.27. The minimum atomic E-state index is 0.00719. The van der Waals surface area contributed by atoms with Gasteiger partial charge in [-0.25, -0.2) is 4.98 Å². The maximum absolute atomic E-state index is 8.91. The summed E-state index contributed by atoms with van der Waals surface area (Å²) in [7, 11) is 1.83. The predicted molar refractivity (Wildman–Crippen MR) is 52.0 cm³/mol. The van der Waals surface area contributed by atoms with E-state index in [2.05, 4.69) is 9.97 Å². The molecule has 0 saturated heterocycles. The Bertz CT molecular complexity index is 282. The molecule has 1 aromatic heterocycles. The van der Waals surface area contributed by atoms with E-state index in [9.17, 15) is 0 Å². The zero-order chi connectivity index (χ0) is 9.84. The predicted octanol–water partition coefficient (Wildman–Crippen LogP) is 0.947. The molecule has 0 aliphatic rings. The smallest absolute Gasteiger partial charge is 0.149 e. The Morgan fingerprint density at radius 2 is 2.31 bits per heavy atom. The van der Waals surface area contributed by atoms with Gasteiger partial charge in [0.1, 0.15) is 11.0 Å². The van der Waals surface area contributed by atoms with Crippen LogP contribution in [0.2, 0.25) is 5.15 Å². The summed E-state index contributed by atoms with van der Waals surface area (Å²) >= 11 is 5.67. The summed E-state index contributed by atoms with van der Waals surface area (Å²) in [4.78, 5) is 9.78. The van der Waals surface area contributed by atoms with Gasteiger partial charge in [0.2, 0.25) is 0 Å². The van der Waals surface area contributed by atoms with Gasteiger partial charge in [-0.3, -0.25) is 4.98 Å². The van der Waals surface area contributed by atoms with Crippen LogP contribution in [0.4, 0.5) is 5.82 Å². The summed E-state index contributed by atoms with van der Waals surface area (Å²) in [6.07, 6.45) is 3.08. The fourth-order valence-corrected chi connectivity index (χ4v) is 0.994. The Balaban J connectivity index is 2.82. The lowest BCUT2D eigenvalue weighted by atomic mass is 10.3. The van der Waals surface area contributed by atoms with E-state index in [1.807, 2.05) is 18.9 Å². The van der Waals surface area contributed by atoms with E-state index in [1.54, 1.807) is 6.20 Å². The average Bonchev–Trinajstić information content (AvgIpc) is 2.15. The van der Waals surface area contributed by atoms with Crippen LogP contribution < -0.4 is 4.90 Å². The molecule has 1 aromatic rings. The van der Waals surface area contributed by atoms with Crippen LogP contribution in [0.3, 0.4) is 0 Å². The topological polar surface area (TPSA) is 49.2 Å². The molecule has 13 heavy (non-hydrogen) atoms. The van der Waals surface area contributed by atoms with Gasteiger partial charge in [0.15, 0.2) is 0 Å². The van der Waals surface area contributed by atoms with E-state index >= 15 is 0 Å². The number of anilines is 1. The quantitative estimate of drug-likeness (QED) is 0.791. The molecule has 5 heteroatoms. The Morgan fingerprint density at radius 1 is 1.62 bits per heavy atom. The number of aliphatic hydroxyl groups excluding tert-OH is 1. The third-order valence-corrected chi connectivity index (χ3v) is 2.06. The first-order valence-electron chi connectivity index (χ1n) is 3.96. The molecule has 0 aliphatic heterocycles. The van der Waals surface area contributed by atoms with Crippen molar-refractivity contribution in [3.8, 4) is 0 Å². The Hall–Kier alpha value is -0.870. The molecule has 4 nitrogen and oxygen atoms in total. The van der Waals surface area contributed by atoms with E-state index in [4.69, 9.17) is 16.7 Å². The van der Waals surface area contributed by atoms with Crippen molar-refractivity contribution in [1.82, 2.24) is 9.97 Å². The molecule has 1 rings (SSSR count). The highest BCUT2D eigenvalue weighted by Gasteiger charge is 2.10. The van der Waals surface area contributed by atoms with Crippen LogP contribution in [0.5, 0.6) is 0 Å². The largest absolute Gasteiger partial charge is 0.394 e. The van der Waals surface area contributed by atoms with E-state index in [0.717, 1.165) is 0 Å². The first-order valence-corrected chi connectivity index (χ1v) is 4.34. The van der Waals surface area contributed by atoms with Gasteiger partial charge in [0.25, 0.3) is 0 Å². The summed E-state index contributed by atoms with van der Waals surface area (Å²) in [6, 6.07) is 0.00719. The van der Waals surface area contributed by atoms with Gasteiger partial charge in [-0.2, -0.15) is 0 Å². The molecule has 0 fully saturated rings. The van der Waals surface area contributed by atoms with Crippen molar-refractivity contribution in [2.24, 2.45) is 0 Å². The highest BCUT2D eigenvalue weighted by molar-refractivity contribution is 6.29. The molecular formula is C8H12ClN3O. The summed E-state index contributed by atoms with van der Waals surface area (Å²) < 4.78 is 0. The number of nitrogens with zero attached hydrogens (tertiary/aromatic N) is 3. The number of aliphatic hydroxyl groups is 1. The van der Waals surface area contributed by atoms with E-state index in [-0.39, 0.29) is 12.6 Å². The zero-order valence-electron chi connectivity index (χ0n) is 7.61. The number of aromatic nitrogens is 2. The standard InChI is InChI=1S/C8H12ClN3O/c1-6(5-13)12(2)8-4-10-3-7(9)11-8/h3-4,6,13H,5H2,1-2H3/t6-/m1/s1. The third-order valence-electron chi connectivity index (χ3n) is 1.88. The minimum absolute atomic E-state index is 0.00719. The van der Waals surface area contributed by atoms with Gasteiger partial charge < -0.3 is 10.0 Å². The molecule has 0 amide bonds. The van der Waals surface area contributed by atoms with Crippen molar-refractivity contribution in [2.75, 3.05) is 18.6 Å². The molecule has 0 aromatic carbocycles. The maximum atomic E-state index is 8.91. The van der Waals surface area contributed by atoms with Crippen molar-refractivity contribution >= 4 is 17.4 Å². The van der Waals surface area contributed by atoms with Crippen molar-refractivity contribution in [2.45, 2.75) is 13.0 Å². The Kier molecular flexibility index (Phi) is 3.45. The number of halogens is 1. The van der Waals surface area contributed by atoms with Crippen LogP contribution in [0.25, 0.3) is 0 Å². The first kappa shape index (κ1) is 10.2. The minimum Gasteiger partial charge on any atom is -0.394 e. The fourth-order valence-electron chi connectivity index (χ4n) is 0.851. The Labute approximate surface area is 82.2 Å². The Morgan fingerprint density at radius 3 is 2.85 bits per heavy atom. The maximum Gasteiger partial charge on any atom is 0.149 e. The molecule has 1 N–H and O–H groups in total. The zero-order valence-corrected chi connectivity index (χ0v) is 8.36. The lowest BCUT2D eigenvalue weighted by molar-refractivity contribution is 0.269. The van der Waals surface area contributed by atoms with Crippen LogP contribution in [0, 0.1) is 0 Å². The molecule has 0 unspecified atom stereocenters. The normalized spacial score (nSPS) is 12.6. The van der Waals surface area contributed by atoms with Gasteiger partial charge in [-0.05, 0) is 6.92 Å². The number of rotatable bonds is 3. The molecule has 0 spiro atoms. The van der Waals surface area contributed by atoms with Gasteiger partial charge in [0, 0.05) is 7.05 Å². The lowest BCUT2D eigenvalue weighted by Crippen LogP contribution is -2.32. The number of likely N-dealkylation sites (N-methyl/N-ethyl adjacent to an activating group) is 1. The van der Waals surface area contributed by atoms with Crippen LogP contribution in [-0.2, 0) is 0 Å². The monoisotopic (exact) mass is 201 g/mol. The van der Waals surface area contributed by atoms with Gasteiger partial charge in [-0.15, -0.1) is 0 Å². The molecule has 0 aliphatic carbocycles. The van der Waals surface area contributed by atoms with E-state index in [1.165, 1.54) is 6.20 Å². The number of hydrogen-bond acceptors (Lipinski definition) is 4. The van der Waals surface area contributed by atoms with Crippen molar-refractivity contribution < 1.29 is 5.11 Å². The lowest BCUT2D eigenvalue weighted by Gasteiger charge is -2.23. The van der Waals surface area contributed by atoms with Crippen LogP contribution in [-0.4, -0.2) is 34.8 Å². The van der Waals surface area contributed by atoms with Crippen LogP contribution in [0.15, 0.2) is 12.4 Å². The summed E-state index contributed by atoms with van der Waals surface area (Å²) in [5.41, 5.74) is 0. The second-order valence-electron chi connectivity index (χ2n) is 2.84. The molecule has 0 bridgehead atoms. The van der Waals surface area contributed by atoms with Crippen LogP contribution >= 0.6 is 11.6 Å². The molecule has 1 heterocycles. The van der Waals surface area contributed by atoms with E-state index < -0.39 is 0 Å². The van der Waals surface area contributed by atoms with Gasteiger partial charge in [0.05, 0.1) is 25.0 Å². The fraction of sp³-hybridized carbons (Fsp3) is 0.500. The van der Waals surface area contributed by atoms with Crippen molar-refractivity contribution in [1.29, 1.82) is 0 Å². The van der Waals surface area contributed by atoms with Gasteiger partial charge in [-0.1, -0.05) is 11.6 Å². The molecule has 72 valence electrons. The molecule has 0 radical (unpaired) electrons. The van der Waals surface area contributed by atoms with E-state index in [0.29, 0.717) is 11.0 Å². The highest BCUT2D eigenvalue weighted by Crippen LogP contribution is 2.12. The second kappa shape index (κ2) is 4.39. The average molecular weight is 202 g/mol.